The van der Waals surface area contributed by atoms with Crippen molar-refractivity contribution in [3.63, 3.8) is 0 Å². The number of rotatable bonds is 4. The average molecular weight is 448 g/mol. The van der Waals surface area contributed by atoms with Crippen LogP contribution in [0.25, 0.3) is 0 Å². The van der Waals surface area contributed by atoms with Crippen molar-refractivity contribution < 1.29 is 14.4 Å². The number of hydrogen-bond donors (Lipinski definition) is 0. The zero-order chi connectivity index (χ0) is 24.3. The molecule has 0 atom stereocenters. The number of allylic oxidation sites excluding steroid dienone is 4. The van der Waals surface area contributed by atoms with E-state index >= 15 is 0 Å². The summed E-state index contributed by atoms with van der Waals surface area (Å²) in [5, 5.41) is 22.5. The SMILES string of the molecule is CN1/C(=C/C=C/C2=[N+](C)c3ccc([N+](=O)[O-])cc3C2(C)C)C(C)(C)c2ccc([N+](=O)[O-])cc21. The van der Waals surface area contributed by atoms with Gasteiger partial charge in [-0.1, -0.05) is 19.9 Å². The lowest BCUT2D eigenvalue weighted by Gasteiger charge is -2.23. The molecule has 0 saturated heterocycles. The molecule has 8 nitrogen and oxygen atoms in total. The van der Waals surface area contributed by atoms with Gasteiger partial charge in [-0.25, -0.2) is 0 Å². The maximum absolute atomic E-state index is 11.3. The van der Waals surface area contributed by atoms with Gasteiger partial charge in [0.15, 0.2) is 5.71 Å². The summed E-state index contributed by atoms with van der Waals surface area (Å²) in [5.74, 6) is 0. The first-order chi connectivity index (χ1) is 15.4. The van der Waals surface area contributed by atoms with Crippen LogP contribution in [0.1, 0.15) is 38.8 Å². The molecule has 170 valence electrons. The number of non-ortho nitro benzene ring substituents is 2. The lowest BCUT2D eigenvalue weighted by Crippen LogP contribution is -2.26. The average Bonchev–Trinajstić information content (AvgIpc) is 3.06. The van der Waals surface area contributed by atoms with Crippen molar-refractivity contribution in [1.82, 2.24) is 0 Å². The minimum absolute atomic E-state index is 0.0740. The Morgan fingerprint density at radius 1 is 0.909 bits per heavy atom. The van der Waals surface area contributed by atoms with Gasteiger partial charge >= 0.3 is 0 Å². The number of hydrogen-bond acceptors (Lipinski definition) is 5. The Hall–Kier alpha value is -3.81. The Balaban J connectivity index is 1.70. The highest BCUT2D eigenvalue weighted by Crippen LogP contribution is 2.48. The van der Waals surface area contributed by atoms with Gasteiger partial charge in [-0.3, -0.25) is 20.2 Å². The summed E-state index contributed by atoms with van der Waals surface area (Å²) in [6.07, 6.45) is 6.06. The lowest BCUT2D eigenvalue weighted by atomic mass is 9.81. The molecule has 0 N–H and O–H groups in total. The number of nitro benzene ring substituents is 2. The predicted octanol–water partition coefficient (Wildman–Crippen LogP) is 5.38. The number of benzene rings is 2. The van der Waals surface area contributed by atoms with Crippen molar-refractivity contribution in [2.45, 2.75) is 38.5 Å². The first-order valence-electron chi connectivity index (χ1n) is 10.7. The third-order valence-corrected chi connectivity index (χ3v) is 6.96. The van der Waals surface area contributed by atoms with Crippen molar-refractivity contribution in [3.8, 4) is 0 Å². The smallest absolute Gasteiger partial charge is 0.271 e. The van der Waals surface area contributed by atoms with Crippen LogP contribution in [-0.4, -0.2) is 34.2 Å². The monoisotopic (exact) mass is 447 g/mol. The number of fused-ring (bicyclic) bond motifs is 2. The largest absolute Gasteiger partial charge is 0.347 e. The summed E-state index contributed by atoms with van der Waals surface area (Å²) in [4.78, 5) is 23.7. The van der Waals surface area contributed by atoms with E-state index in [2.05, 4.69) is 32.3 Å². The highest BCUT2D eigenvalue weighted by atomic mass is 16.6. The summed E-state index contributed by atoms with van der Waals surface area (Å²) < 4.78 is 2.07. The summed E-state index contributed by atoms with van der Waals surface area (Å²) in [6, 6.07) is 9.99. The molecule has 2 aliphatic heterocycles. The Morgan fingerprint density at radius 3 is 2.15 bits per heavy atom. The molecule has 4 rings (SSSR count). The van der Waals surface area contributed by atoms with Gasteiger partial charge in [-0.15, -0.1) is 0 Å². The summed E-state index contributed by atoms with van der Waals surface area (Å²) >= 11 is 0. The third kappa shape index (κ3) is 3.33. The van der Waals surface area contributed by atoms with E-state index in [0.29, 0.717) is 0 Å². The van der Waals surface area contributed by atoms with Gasteiger partial charge < -0.3 is 4.90 Å². The van der Waals surface area contributed by atoms with Crippen LogP contribution in [0.15, 0.2) is 60.3 Å². The topological polar surface area (TPSA) is 92.5 Å². The normalized spacial score (nSPS) is 19.3. The minimum Gasteiger partial charge on any atom is -0.347 e. The standard InChI is InChI=1S/C25H27N4O4/c1-24(2)18-12-10-17(29(32)33)15-21(18)27(6)22(24)8-7-9-23-25(3,4)19-14-16(28(30)31)11-13-20(19)26(23)5/h7-15H,1-6H3/q+1. The van der Waals surface area contributed by atoms with E-state index in [-0.39, 0.29) is 26.6 Å². The fourth-order valence-electron chi connectivity index (χ4n) is 5.11. The summed E-state index contributed by atoms with van der Waals surface area (Å²) in [7, 11) is 3.89. The van der Waals surface area contributed by atoms with E-state index in [1.54, 1.807) is 24.3 Å². The molecule has 0 unspecified atom stereocenters. The Kier molecular flexibility index (Phi) is 5.00. The maximum atomic E-state index is 11.3. The van der Waals surface area contributed by atoms with E-state index < -0.39 is 5.41 Å². The highest BCUT2D eigenvalue weighted by molar-refractivity contribution is 6.03. The minimum atomic E-state index is -0.397. The number of nitrogens with zero attached hydrogens (tertiary/aromatic N) is 4. The molecule has 0 bridgehead atoms. The van der Waals surface area contributed by atoms with Crippen molar-refractivity contribution in [2.75, 3.05) is 19.0 Å². The fourth-order valence-corrected chi connectivity index (χ4v) is 5.11. The second kappa shape index (κ2) is 7.37. The van der Waals surface area contributed by atoms with Crippen LogP contribution in [-0.2, 0) is 10.8 Å². The van der Waals surface area contributed by atoms with Gasteiger partial charge in [0.25, 0.3) is 11.4 Å². The van der Waals surface area contributed by atoms with Crippen LogP contribution >= 0.6 is 0 Å². The zero-order valence-corrected chi connectivity index (χ0v) is 19.6. The van der Waals surface area contributed by atoms with Crippen molar-refractivity contribution >= 4 is 28.5 Å². The van der Waals surface area contributed by atoms with Crippen LogP contribution in [0, 0.1) is 20.2 Å². The van der Waals surface area contributed by atoms with Crippen LogP contribution in [0.2, 0.25) is 0 Å². The van der Waals surface area contributed by atoms with E-state index in [9.17, 15) is 20.2 Å². The second-order valence-corrected chi connectivity index (χ2v) is 9.58. The van der Waals surface area contributed by atoms with Crippen molar-refractivity contribution in [2.24, 2.45) is 0 Å². The predicted molar refractivity (Wildman–Crippen MR) is 129 cm³/mol. The third-order valence-electron chi connectivity index (χ3n) is 6.96. The first-order valence-corrected chi connectivity index (χ1v) is 10.7. The molecular weight excluding hydrogens is 420 g/mol. The number of likely N-dealkylation sites (N-methyl/N-ethyl adjacent to an activating group) is 1. The fraction of sp³-hybridized carbons (Fsp3) is 0.320. The molecule has 2 aromatic carbocycles. The van der Waals surface area contributed by atoms with Crippen LogP contribution in [0.5, 0.6) is 0 Å². The quantitative estimate of drug-likeness (QED) is 0.357. The van der Waals surface area contributed by atoms with Gasteiger partial charge in [0.05, 0.1) is 20.9 Å². The number of anilines is 1. The molecule has 0 aliphatic carbocycles. The van der Waals surface area contributed by atoms with E-state index in [1.165, 1.54) is 6.07 Å². The van der Waals surface area contributed by atoms with Crippen molar-refractivity contribution in [3.05, 3.63) is 91.7 Å². The van der Waals surface area contributed by atoms with E-state index in [4.69, 9.17) is 0 Å². The Bertz CT molecular complexity index is 1300. The Morgan fingerprint density at radius 2 is 1.52 bits per heavy atom. The van der Waals surface area contributed by atoms with Gasteiger partial charge in [0.2, 0.25) is 5.69 Å². The van der Waals surface area contributed by atoms with Gasteiger partial charge in [-0.2, -0.15) is 4.58 Å². The van der Waals surface area contributed by atoms with E-state index in [1.807, 2.05) is 43.3 Å². The molecule has 0 spiro atoms. The highest BCUT2D eigenvalue weighted by Gasteiger charge is 2.44. The molecule has 2 aromatic rings. The molecular formula is C25H27N4O4+. The molecule has 0 radical (unpaired) electrons. The van der Waals surface area contributed by atoms with Gasteiger partial charge in [-0.05, 0) is 31.6 Å². The van der Waals surface area contributed by atoms with Crippen LogP contribution in [0.4, 0.5) is 22.7 Å². The molecule has 8 heteroatoms. The first kappa shape index (κ1) is 22.4. The molecule has 0 saturated carbocycles. The van der Waals surface area contributed by atoms with Gasteiger partial charge in [0.1, 0.15) is 7.05 Å². The van der Waals surface area contributed by atoms with Crippen LogP contribution < -0.4 is 4.90 Å². The zero-order valence-electron chi connectivity index (χ0n) is 19.6. The van der Waals surface area contributed by atoms with Crippen molar-refractivity contribution in [1.29, 1.82) is 0 Å². The molecule has 0 aromatic heterocycles. The molecule has 33 heavy (non-hydrogen) atoms. The molecule has 2 aliphatic rings. The number of nitro groups is 2. The van der Waals surface area contributed by atoms with E-state index in [0.717, 1.165) is 33.9 Å². The summed E-state index contributed by atoms with van der Waals surface area (Å²) in [5.41, 5.74) is 5.26. The second-order valence-electron chi connectivity index (χ2n) is 9.58. The summed E-state index contributed by atoms with van der Waals surface area (Å²) in [6.45, 7) is 8.34. The molecule has 0 amide bonds. The molecule has 0 fully saturated rings. The maximum Gasteiger partial charge on any atom is 0.271 e. The molecule has 2 heterocycles. The Labute approximate surface area is 192 Å². The lowest BCUT2D eigenvalue weighted by molar-refractivity contribution is -0.402. The van der Waals surface area contributed by atoms with Crippen LogP contribution in [0.3, 0.4) is 0 Å². The van der Waals surface area contributed by atoms with Gasteiger partial charge in [0, 0.05) is 60.1 Å².